The number of hydrogen-bond donors (Lipinski definition) is 1. The predicted molar refractivity (Wildman–Crippen MR) is 124 cm³/mol. The summed E-state index contributed by atoms with van der Waals surface area (Å²) in [6.45, 7) is 15.0. The lowest BCUT2D eigenvalue weighted by Crippen LogP contribution is -2.56. The predicted octanol–water partition coefficient (Wildman–Crippen LogP) is 7.71. The molecule has 4 saturated carbocycles. The minimum Gasteiger partial charge on any atom is -0.393 e. The van der Waals surface area contributed by atoms with Gasteiger partial charge in [-0.3, -0.25) is 0 Å². The van der Waals surface area contributed by atoms with Crippen LogP contribution in [0.4, 0.5) is 0 Å². The van der Waals surface area contributed by atoms with E-state index in [0.717, 1.165) is 47.8 Å². The Morgan fingerprint density at radius 1 is 0.793 bits per heavy atom. The Kier molecular flexibility index (Phi) is 6.22. The molecule has 0 radical (unpaired) electrons. The van der Waals surface area contributed by atoms with Crippen molar-refractivity contribution < 1.29 is 5.11 Å². The third-order valence-electron chi connectivity index (χ3n) is 11.4. The molecule has 0 spiro atoms. The number of fused-ring (bicyclic) bond motifs is 5. The lowest BCUT2D eigenvalue weighted by Gasteiger charge is -2.62. The van der Waals surface area contributed by atoms with Crippen molar-refractivity contribution in [1.82, 2.24) is 0 Å². The van der Waals surface area contributed by atoms with Gasteiger partial charge >= 0.3 is 0 Å². The van der Waals surface area contributed by atoms with E-state index in [1.165, 1.54) is 64.2 Å². The van der Waals surface area contributed by atoms with E-state index in [0.29, 0.717) is 16.7 Å². The van der Waals surface area contributed by atoms with Crippen molar-refractivity contribution in [3.05, 3.63) is 0 Å². The molecule has 1 nitrogen and oxygen atoms in total. The van der Waals surface area contributed by atoms with Gasteiger partial charge in [0.25, 0.3) is 0 Å². The topological polar surface area (TPSA) is 20.2 Å². The van der Waals surface area contributed by atoms with E-state index in [4.69, 9.17) is 0 Å². The van der Waals surface area contributed by atoms with Crippen molar-refractivity contribution in [3.8, 4) is 0 Å². The van der Waals surface area contributed by atoms with Gasteiger partial charge in [0.2, 0.25) is 0 Å². The Balaban J connectivity index is 1.48. The fourth-order valence-corrected chi connectivity index (χ4v) is 9.73. The molecule has 168 valence electrons. The number of rotatable bonds is 5. The zero-order valence-electron chi connectivity index (χ0n) is 20.4. The zero-order chi connectivity index (χ0) is 21.0. The molecule has 0 aromatic carbocycles. The van der Waals surface area contributed by atoms with Gasteiger partial charge in [0.1, 0.15) is 0 Å². The van der Waals surface area contributed by atoms with E-state index in [1.54, 1.807) is 0 Å². The largest absolute Gasteiger partial charge is 0.393 e. The standard InChI is InChI=1S/C28H50O/c1-18(2)8-7-9-19(3)22-12-13-24-21-10-11-23-20(4)26(29)15-17-28(23,6)25(21)14-16-27(22,24)5/h18-26,29H,7-17H2,1-6H3/t19-,20-,21-,22-,23+,24+,25-,26-,27-,28-/m0/s1. The van der Waals surface area contributed by atoms with Crippen molar-refractivity contribution in [2.45, 2.75) is 118 Å². The molecule has 4 aliphatic carbocycles. The van der Waals surface area contributed by atoms with Gasteiger partial charge in [0.05, 0.1) is 6.10 Å². The molecule has 1 N–H and O–H groups in total. The van der Waals surface area contributed by atoms with Gasteiger partial charge < -0.3 is 5.11 Å². The van der Waals surface area contributed by atoms with E-state index in [1.807, 2.05) is 0 Å². The molecular formula is C28H50O. The normalized spacial score (nSPS) is 50.7. The Labute approximate surface area is 181 Å². The molecular weight excluding hydrogens is 352 g/mol. The lowest BCUT2D eigenvalue weighted by molar-refractivity contribution is -0.149. The average Bonchev–Trinajstić information content (AvgIpc) is 3.02. The van der Waals surface area contributed by atoms with Crippen LogP contribution in [0.25, 0.3) is 0 Å². The summed E-state index contributed by atoms with van der Waals surface area (Å²) in [5.41, 5.74) is 1.12. The van der Waals surface area contributed by atoms with Gasteiger partial charge in [-0.2, -0.15) is 0 Å². The Bertz CT molecular complexity index is 569. The summed E-state index contributed by atoms with van der Waals surface area (Å²) >= 11 is 0. The number of hydrogen-bond acceptors (Lipinski definition) is 1. The smallest absolute Gasteiger partial charge is 0.0568 e. The summed E-state index contributed by atoms with van der Waals surface area (Å²) in [5, 5.41) is 10.5. The van der Waals surface area contributed by atoms with Crippen LogP contribution in [0, 0.1) is 58.2 Å². The van der Waals surface area contributed by atoms with E-state index in [-0.39, 0.29) is 6.10 Å². The molecule has 1 heteroatoms. The second kappa shape index (κ2) is 8.14. The molecule has 0 bridgehead atoms. The highest BCUT2D eigenvalue weighted by Crippen LogP contribution is 2.68. The monoisotopic (exact) mass is 402 g/mol. The lowest BCUT2D eigenvalue weighted by atomic mass is 9.43. The minimum absolute atomic E-state index is 0.0407. The molecule has 0 heterocycles. The van der Waals surface area contributed by atoms with Crippen molar-refractivity contribution in [2.75, 3.05) is 0 Å². The van der Waals surface area contributed by atoms with Gasteiger partial charge in [0, 0.05) is 0 Å². The van der Waals surface area contributed by atoms with Crippen molar-refractivity contribution in [2.24, 2.45) is 58.2 Å². The molecule has 10 atom stereocenters. The van der Waals surface area contributed by atoms with E-state index in [2.05, 4.69) is 41.5 Å². The molecule has 4 aliphatic rings. The highest BCUT2D eigenvalue weighted by Gasteiger charge is 2.61. The Hall–Kier alpha value is -0.0400. The highest BCUT2D eigenvalue weighted by atomic mass is 16.3. The maximum absolute atomic E-state index is 10.5. The van der Waals surface area contributed by atoms with Crippen LogP contribution in [0.5, 0.6) is 0 Å². The summed E-state index contributed by atoms with van der Waals surface area (Å²) in [4.78, 5) is 0. The number of aliphatic hydroxyl groups is 1. The zero-order valence-corrected chi connectivity index (χ0v) is 20.4. The first-order valence-electron chi connectivity index (χ1n) is 13.4. The van der Waals surface area contributed by atoms with Crippen molar-refractivity contribution in [3.63, 3.8) is 0 Å². The van der Waals surface area contributed by atoms with E-state index >= 15 is 0 Å². The summed E-state index contributed by atoms with van der Waals surface area (Å²) in [7, 11) is 0. The van der Waals surface area contributed by atoms with Crippen LogP contribution < -0.4 is 0 Å². The van der Waals surface area contributed by atoms with Crippen molar-refractivity contribution >= 4 is 0 Å². The van der Waals surface area contributed by atoms with Gasteiger partial charge in [-0.25, -0.2) is 0 Å². The summed E-state index contributed by atoms with van der Waals surface area (Å²) in [6.07, 6.45) is 15.4. The van der Waals surface area contributed by atoms with Gasteiger partial charge in [-0.1, -0.05) is 60.8 Å². The van der Waals surface area contributed by atoms with Crippen molar-refractivity contribution in [1.29, 1.82) is 0 Å². The van der Waals surface area contributed by atoms with Gasteiger partial charge in [-0.15, -0.1) is 0 Å². The SMILES string of the molecule is CC(C)CCC[C@H](C)[C@@H]1CC[C@@H]2[C@@H]3CC[C@@H]4[C@H](C)[C@@H](O)CC[C@]4(C)[C@H]3CC[C@]21C. The first kappa shape index (κ1) is 22.2. The second-order valence-corrected chi connectivity index (χ2v) is 13.1. The first-order chi connectivity index (χ1) is 13.7. The van der Waals surface area contributed by atoms with E-state index < -0.39 is 0 Å². The minimum atomic E-state index is -0.0407. The Morgan fingerprint density at radius 3 is 2.17 bits per heavy atom. The third kappa shape index (κ3) is 3.64. The Morgan fingerprint density at radius 2 is 1.45 bits per heavy atom. The quantitative estimate of drug-likeness (QED) is 0.499. The number of aliphatic hydroxyl groups excluding tert-OH is 1. The van der Waals surface area contributed by atoms with Crippen LogP contribution in [0.1, 0.15) is 112 Å². The molecule has 0 aliphatic heterocycles. The fraction of sp³-hybridized carbons (Fsp3) is 1.00. The molecule has 0 amide bonds. The molecule has 0 saturated heterocycles. The van der Waals surface area contributed by atoms with Crippen LogP contribution in [0.2, 0.25) is 0 Å². The molecule has 29 heavy (non-hydrogen) atoms. The molecule has 0 aromatic rings. The molecule has 0 aromatic heterocycles. The highest BCUT2D eigenvalue weighted by molar-refractivity contribution is 5.10. The summed E-state index contributed by atoms with van der Waals surface area (Å²) < 4.78 is 0. The van der Waals surface area contributed by atoms with Gasteiger partial charge in [-0.05, 0) is 110 Å². The fourth-order valence-electron chi connectivity index (χ4n) is 9.73. The second-order valence-electron chi connectivity index (χ2n) is 13.1. The van der Waals surface area contributed by atoms with Crippen LogP contribution in [0.3, 0.4) is 0 Å². The molecule has 4 rings (SSSR count). The molecule has 0 unspecified atom stereocenters. The maximum atomic E-state index is 10.5. The third-order valence-corrected chi connectivity index (χ3v) is 11.4. The first-order valence-corrected chi connectivity index (χ1v) is 13.4. The van der Waals surface area contributed by atoms with E-state index in [9.17, 15) is 5.11 Å². The average molecular weight is 403 g/mol. The summed E-state index contributed by atoms with van der Waals surface area (Å²) in [6, 6.07) is 0. The van der Waals surface area contributed by atoms with Crippen LogP contribution in [-0.2, 0) is 0 Å². The summed E-state index contributed by atoms with van der Waals surface area (Å²) in [5.74, 6) is 6.92. The maximum Gasteiger partial charge on any atom is 0.0568 e. The van der Waals surface area contributed by atoms with Gasteiger partial charge in [0.15, 0.2) is 0 Å². The van der Waals surface area contributed by atoms with Crippen LogP contribution in [0.15, 0.2) is 0 Å². The van der Waals surface area contributed by atoms with Crippen LogP contribution >= 0.6 is 0 Å². The van der Waals surface area contributed by atoms with Crippen LogP contribution in [-0.4, -0.2) is 11.2 Å². The molecule has 4 fully saturated rings.